The highest BCUT2D eigenvalue weighted by atomic mass is 16.6. The molecule has 1 aromatic rings. The Morgan fingerprint density at radius 2 is 1.93 bits per heavy atom. The van der Waals surface area contributed by atoms with Crippen molar-refractivity contribution in [2.75, 3.05) is 13.1 Å². The third-order valence-electron chi connectivity index (χ3n) is 4.69. The molecule has 7 nitrogen and oxygen atoms in total. The molecular formula is C21H31N3O4. The van der Waals surface area contributed by atoms with E-state index in [9.17, 15) is 14.4 Å². The summed E-state index contributed by atoms with van der Waals surface area (Å²) in [5, 5.41) is 5.59. The van der Waals surface area contributed by atoms with Crippen LogP contribution in [-0.2, 0) is 20.9 Å². The first-order valence-corrected chi connectivity index (χ1v) is 9.97. The molecule has 0 aromatic heterocycles. The number of likely N-dealkylation sites (N-methyl/N-ethyl adjacent to an activating group) is 1. The predicted octanol–water partition coefficient (Wildman–Crippen LogP) is 2.45. The second-order valence-corrected chi connectivity index (χ2v) is 7.48. The highest BCUT2D eigenvalue weighted by molar-refractivity contribution is 5.91. The van der Waals surface area contributed by atoms with E-state index in [-0.39, 0.29) is 24.3 Å². The summed E-state index contributed by atoms with van der Waals surface area (Å²) in [6, 6.07) is 8.21. The highest BCUT2D eigenvalue weighted by Crippen LogP contribution is 2.20. The molecule has 28 heavy (non-hydrogen) atoms. The summed E-state index contributed by atoms with van der Waals surface area (Å²) in [6.45, 7) is 6.99. The van der Waals surface area contributed by atoms with Crippen LogP contribution in [0.4, 0.5) is 4.79 Å². The Morgan fingerprint density at radius 3 is 2.57 bits per heavy atom. The van der Waals surface area contributed by atoms with Crippen LogP contribution in [0.1, 0.15) is 45.6 Å². The lowest BCUT2D eigenvalue weighted by molar-refractivity contribution is -0.131. The zero-order valence-corrected chi connectivity index (χ0v) is 16.9. The molecular weight excluding hydrogens is 358 g/mol. The van der Waals surface area contributed by atoms with E-state index in [1.165, 1.54) is 4.90 Å². The van der Waals surface area contributed by atoms with Crippen molar-refractivity contribution in [2.24, 2.45) is 5.92 Å². The first-order chi connectivity index (χ1) is 13.4. The molecule has 2 N–H and O–H groups in total. The first kappa shape index (κ1) is 21.7. The van der Waals surface area contributed by atoms with Crippen LogP contribution in [0, 0.1) is 5.92 Å². The smallest absolute Gasteiger partial charge is 0.410 e. The fourth-order valence-electron chi connectivity index (χ4n) is 3.33. The minimum Gasteiger partial charge on any atom is -0.445 e. The van der Waals surface area contributed by atoms with Crippen molar-refractivity contribution in [1.29, 1.82) is 0 Å². The maximum atomic E-state index is 12.8. The fraction of sp³-hybridized carbons (Fsp3) is 0.571. The van der Waals surface area contributed by atoms with Crippen LogP contribution in [0.3, 0.4) is 0 Å². The lowest BCUT2D eigenvalue weighted by Gasteiger charge is -2.26. The standard InChI is InChI=1S/C21H31N3O4/c1-4-22-19(25)17(13-15(2)3)23-20(26)18-11-8-12-24(18)21(27)28-14-16-9-6-5-7-10-16/h5-7,9-10,15,17-18H,4,8,11-14H2,1-3H3,(H,22,25)(H,23,26)/t17-,18-/m1/s1. The predicted molar refractivity (Wildman–Crippen MR) is 106 cm³/mol. The van der Waals surface area contributed by atoms with Crippen LogP contribution < -0.4 is 10.6 Å². The van der Waals surface area contributed by atoms with Gasteiger partial charge in [-0.3, -0.25) is 14.5 Å². The summed E-state index contributed by atoms with van der Waals surface area (Å²) in [7, 11) is 0. The molecule has 1 heterocycles. The molecule has 3 amide bonds. The van der Waals surface area contributed by atoms with E-state index in [1.807, 2.05) is 51.1 Å². The molecule has 1 aliphatic rings. The second-order valence-electron chi connectivity index (χ2n) is 7.48. The molecule has 0 saturated carbocycles. The first-order valence-electron chi connectivity index (χ1n) is 9.97. The molecule has 2 atom stereocenters. The van der Waals surface area contributed by atoms with Crippen molar-refractivity contribution in [2.45, 2.75) is 58.7 Å². The van der Waals surface area contributed by atoms with Gasteiger partial charge in [-0.1, -0.05) is 44.2 Å². The van der Waals surface area contributed by atoms with Crippen LogP contribution in [0.15, 0.2) is 30.3 Å². The molecule has 1 saturated heterocycles. The minimum atomic E-state index is -0.604. The Bertz CT molecular complexity index is 663. The summed E-state index contributed by atoms with van der Waals surface area (Å²) < 4.78 is 5.38. The van der Waals surface area contributed by atoms with Crippen LogP contribution in [0.25, 0.3) is 0 Å². The molecule has 1 aliphatic heterocycles. The average Bonchev–Trinajstić information content (AvgIpc) is 3.16. The Balaban J connectivity index is 1.96. The van der Waals surface area contributed by atoms with Gasteiger partial charge in [0.1, 0.15) is 18.7 Å². The van der Waals surface area contributed by atoms with Gasteiger partial charge in [-0.25, -0.2) is 4.79 Å². The Morgan fingerprint density at radius 1 is 1.21 bits per heavy atom. The number of nitrogens with zero attached hydrogens (tertiary/aromatic N) is 1. The zero-order chi connectivity index (χ0) is 20.5. The molecule has 0 unspecified atom stereocenters. The van der Waals surface area contributed by atoms with Gasteiger partial charge in [-0.15, -0.1) is 0 Å². The topological polar surface area (TPSA) is 87.7 Å². The fourth-order valence-corrected chi connectivity index (χ4v) is 3.33. The van der Waals surface area contributed by atoms with Gasteiger partial charge in [0, 0.05) is 13.1 Å². The Labute approximate surface area is 166 Å². The van der Waals surface area contributed by atoms with Gasteiger partial charge in [0.2, 0.25) is 11.8 Å². The second kappa shape index (κ2) is 10.7. The third-order valence-corrected chi connectivity index (χ3v) is 4.69. The number of nitrogens with one attached hydrogen (secondary N) is 2. The number of benzene rings is 1. The molecule has 0 radical (unpaired) electrons. The number of ether oxygens (including phenoxy) is 1. The maximum absolute atomic E-state index is 12.8. The van der Waals surface area contributed by atoms with Gasteiger partial charge < -0.3 is 15.4 Å². The van der Waals surface area contributed by atoms with E-state index in [1.54, 1.807) is 0 Å². The van der Waals surface area contributed by atoms with Crippen LogP contribution >= 0.6 is 0 Å². The minimum absolute atomic E-state index is 0.166. The van der Waals surface area contributed by atoms with Crippen LogP contribution in [-0.4, -0.2) is 48.0 Å². The molecule has 1 fully saturated rings. The normalized spacial score (nSPS) is 17.3. The summed E-state index contributed by atoms with van der Waals surface area (Å²) in [5.74, 6) is -0.241. The molecule has 0 spiro atoms. The molecule has 1 aromatic carbocycles. The number of hydrogen-bond donors (Lipinski definition) is 2. The van der Waals surface area contributed by atoms with E-state index < -0.39 is 18.2 Å². The third kappa shape index (κ3) is 6.25. The van der Waals surface area contributed by atoms with Crippen LogP contribution in [0.5, 0.6) is 0 Å². The van der Waals surface area contributed by atoms with E-state index in [0.717, 1.165) is 12.0 Å². The van der Waals surface area contributed by atoms with Crippen molar-refractivity contribution in [3.63, 3.8) is 0 Å². The van der Waals surface area contributed by atoms with E-state index in [4.69, 9.17) is 4.74 Å². The average molecular weight is 389 g/mol. The summed E-state index contributed by atoms with van der Waals surface area (Å²) >= 11 is 0. The molecule has 0 bridgehead atoms. The Hall–Kier alpha value is -2.57. The highest BCUT2D eigenvalue weighted by Gasteiger charge is 2.36. The van der Waals surface area contributed by atoms with Gasteiger partial charge in [-0.05, 0) is 37.7 Å². The monoisotopic (exact) mass is 389 g/mol. The van der Waals surface area contributed by atoms with E-state index in [2.05, 4.69) is 10.6 Å². The van der Waals surface area contributed by atoms with E-state index in [0.29, 0.717) is 25.9 Å². The SMILES string of the molecule is CCNC(=O)[C@@H](CC(C)C)NC(=O)[C@H]1CCCN1C(=O)OCc1ccccc1. The number of carbonyl (C=O) groups is 3. The van der Waals surface area contributed by atoms with Gasteiger partial charge >= 0.3 is 6.09 Å². The van der Waals surface area contributed by atoms with Gasteiger partial charge in [0.05, 0.1) is 0 Å². The number of rotatable bonds is 8. The quantitative estimate of drug-likeness (QED) is 0.715. The van der Waals surface area contributed by atoms with E-state index >= 15 is 0 Å². The van der Waals surface area contributed by atoms with Crippen molar-refractivity contribution in [1.82, 2.24) is 15.5 Å². The summed E-state index contributed by atoms with van der Waals surface area (Å²) in [6.07, 6.45) is 1.34. The number of hydrogen-bond acceptors (Lipinski definition) is 4. The Kier molecular flexibility index (Phi) is 8.29. The number of amides is 3. The molecule has 7 heteroatoms. The van der Waals surface area contributed by atoms with Gasteiger partial charge in [-0.2, -0.15) is 0 Å². The van der Waals surface area contributed by atoms with Crippen molar-refractivity contribution < 1.29 is 19.1 Å². The maximum Gasteiger partial charge on any atom is 0.410 e. The van der Waals surface area contributed by atoms with Crippen molar-refractivity contribution in [3.8, 4) is 0 Å². The van der Waals surface area contributed by atoms with Crippen LogP contribution in [0.2, 0.25) is 0 Å². The molecule has 154 valence electrons. The lowest BCUT2D eigenvalue weighted by atomic mass is 10.0. The van der Waals surface area contributed by atoms with Crippen molar-refractivity contribution in [3.05, 3.63) is 35.9 Å². The van der Waals surface area contributed by atoms with Crippen molar-refractivity contribution >= 4 is 17.9 Å². The number of likely N-dealkylation sites (tertiary alicyclic amines) is 1. The number of carbonyl (C=O) groups excluding carboxylic acids is 3. The van der Waals surface area contributed by atoms with Gasteiger partial charge in [0.25, 0.3) is 0 Å². The lowest BCUT2D eigenvalue weighted by Crippen LogP contribution is -2.53. The largest absolute Gasteiger partial charge is 0.445 e. The molecule has 0 aliphatic carbocycles. The summed E-state index contributed by atoms with van der Waals surface area (Å²) in [5.41, 5.74) is 0.893. The molecule has 2 rings (SSSR count). The van der Waals surface area contributed by atoms with Gasteiger partial charge in [0.15, 0.2) is 0 Å². The zero-order valence-electron chi connectivity index (χ0n) is 16.9. The summed E-state index contributed by atoms with van der Waals surface area (Å²) in [4.78, 5) is 39.0.